The molecule has 0 heterocycles. The van der Waals surface area contributed by atoms with E-state index in [4.69, 9.17) is 16.3 Å². The van der Waals surface area contributed by atoms with Gasteiger partial charge in [-0.3, -0.25) is 0 Å². The average molecular weight is 203 g/mol. The Kier molecular flexibility index (Phi) is 2.36. The van der Waals surface area contributed by atoms with Crippen LogP contribution in [-0.2, 0) is 4.74 Å². The van der Waals surface area contributed by atoms with Crippen molar-refractivity contribution in [3.05, 3.63) is 0 Å². The predicted molar refractivity (Wildman–Crippen MR) is 54.8 cm³/mol. The molecule has 0 radical (unpaired) electrons. The minimum Gasteiger partial charge on any atom is -0.362 e. The van der Waals surface area contributed by atoms with Crippen molar-refractivity contribution in [2.75, 3.05) is 6.07 Å². The number of alkyl halides is 1. The van der Waals surface area contributed by atoms with Crippen molar-refractivity contribution in [1.82, 2.24) is 0 Å². The second-order valence-electron chi connectivity index (χ2n) is 5.27. The van der Waals surface area contributed by atoms with Crippen LogP contribution < -0.4 is 0 Å². The van der Waals surface area contributed by atoms with E-state index in [9.17, 15) is 0 Å². The van der Waals surface area contributed by atoms with Crippen molar-refractivity contribution in [3.8, 4) is 0 Å². The highest BCUT2D eigenvalue weighted by molar-refractivity contribution is 6.17. The van der Waals surface area contributed by atoms with Gasteiger partial charge in [0.25, 0.3) is 0 Å². The molecule has 0 amide bonds. The first kappa shape index (κ1) is 9.79. The van der Waals surface area contributed by atoms with Crippen molar-refractivity contribution in [2.24, 2.45) is 23.2 Å². The second kappa shape index (κ2) is 3.13. The first-order valence-corrected chi connectivity index (χ1v) is 5.78. The first-order chi connectivity index (χ1) is 6.07. The summed E-state index contributed by atoms with van der Waals surface area (Å²) in [5, 5.41) is 0. The molecule has 0 N–H and O–H groups in total. The Hall–Kier alpha value is 0.250. The fourth-order valence-corrected chi connectivity index (χ4v) is 3.57. The van der Waals surface area contributed by atoms with E-state index in [0.717, 1.165) is 11.8 Å². The summed E-state index contributed by atoms with van der Waals surface area (Å²) in [5.74, 6) is 2.43. The van der Waals surface area contributed by atoms with E-state index in [1.807, 2.05) is 0 Å². The summed E-state index contributed by atoms with van der Waals surface area (Å²) < 4.78 is 5.55. The van der Waals surface area contributed by atoms with Gasteiger partial charge in [-0.2, -0.15) is 0 Å². The van der Waals surface area contributed by atoms with E-state index < -0.39 is 0 Å². The van der Waals surface area contributed by atoms with Gasteiger partial charge in [0.2, 0.25) is 0 Å². The average Bonchev–Trinajstić information content (AvgIpc) is 2.08. The maximum absolute atomic E-state index is 5.61. The van der Waals surface area contributed by atoms with Crippen LogP contribution in [0.2, 0.25) is 0 Å². The molecule has 3 aliphatic carbocycles. The number of hydrogen-bond donors (Lipinski definition) is 0. The van der Waals surface area contributed by atoms with E-state index >= 15 is 0 Å². The largest absolute Gasteiger partial charge is 0.362 e. The maximum Gasteiger partial charge on any atom is 0.121 e. The summed E-state index contributed by atoms with van der Waals surface area (Å²) in [6.07, 6.45) is 3.06. The number of fused-ring (bicyclic) bond motifs is 2. The van der Waals surface area contributed by atoms with Crippen molar-refractivity contribution in [1.29, 1.82) is 0 Å². The van der Waals surface area contributed by atoms with E-state index in [0.29, 0.717) is 23.5 Å². The Morgan fingerprint density at radius 1 is 1.38 bits per heavy atom. The molecule has 2 heteroatoms. The van der Waals surface area contributed by atoms with Crippen LogP contribution in [0.5, 0.6) is 0 Å². The van der Waals surface area contributed by atoms with Gasteiger partial charge < -0.3 is 4.74 Å². The molecule has 0 saturated heterocycles. The fraction of sp³-hybridized carbons (Fsp3) is 1.00. The molecule has 0 aromatic rings. The van der Waals surface area contributed by atoms with Gasteiger partial charge in [-0.05, 0) is 36.0 Å². The van der Waals surface area contributed by atoms with E-state index in [1.165, 1.54) is 12.8 Å². The minimum absolute atomic E-state index is 0.356. The summed E-state index contributed by atoms with van der Waals surface area (Å²) in [7, 11) is 0. The van der Waals surface area contributed by atoms with Crippen molar-refractivity contribution >= 4 is 11.6 Å². The molecule has 3 fully saturated rings. The zero-order valence-corrected chi connectivity index (χ0v) is 9.47. The van der Waals surface area contributed by atoms with Crippen LogP contribution in [0.15, 0.2) is 0 Å². The van der Waals surface area contributed by atoms with Crippen LogP contribution in [0.4, 0.5) is 0 Å². The molecule has 0 aliphatic heterocycles. The monoisotopic (exact) mass is 202 g/mol. The quantitative estimate of drug-likeness (QED) is 0.625. The summed E-state index contributed by atoms with van der Waals surface area (Å²) >= 11 is 5.61. The Bertz CT molecular complexity index is 202. The highest BCUT2D eigenvalue weighted by atomic mass is 35.5. The smallest absolute Gasteiger partial charge is 0.121 e. The Labute approximate surface area is 85.8 Å². The Morgan fingerprint density at radius 2 is 2.08 bits per heavy atom. The molecule has 4 atom stereocenters. The predicted octanol–water partition coefficient (Wildman–Crippen LogP) is 3.27. The summed E-state index contributed by atoms with van der Waals surface area (Å²) in [6, 6.07) is 0.356. The van der Waals surface area contributed by atoms with Crippen molar-refractivity contribution in [3.63, 3.8) is 0 Å². The second-order valence-corrected chi connectivity index (χ2v) is 5.49. The van der Waals surface area contributed by atoms with Crippen LogP contribution in [0.25, 0.3) is 0 Å². The molecular weight excluding hydrogens is 184 g/mol. The summed E-state index contributed by atoms with van der Waals surface area (Å²) in [5.41, 5.74) is 0.561. The molecule has 3 rings (SSSR count). The van der Waals surface area contributed by atoms with Gasteiger partial charge >= 0.3 is 0 Å². The highest BCUT2D eigenvalue weighted by Crippen LogP contribution is 2.61. The molecular formula is C11H19ClO. The van der Waals surface area contributed by atoms with Crippen LogP contribution in [-0.4, -0.2) is 12.2 Å². The van der Waals surface area contributed by atoms with E-state index in [1.54, 1.807) is 0 Å². The number of halogens is 1. The van der Waals surface area contributed by atoms with Gasteiger partial charge in [0.1, 0.15) is 6.07 Å². The Morgan fingerprint density at radius 3 is 2.54 bits per heavy atom. The van der Waals surface area contributed by atoms with E-state index in [2.05, 4.69) is 20.8 Å². The van der Waals surface area contributed by atoms with Gasteiger partial charge in [-0.15, -0.1) is 0 Å². The van der Waals surface area contributed by atoms with Crippen LogP contribution >= 0.6 is 11.6 Å². The van der Waals surface area contributed by atoms with Crippen molar-refractivity contribution < 1.29 is 4.74 Å². The molecule has 0 unspecified atom stereocenters. The van der Waals surface area contributed by atoms with E-state index in [-0.39, 0.29) is 0 Å². The van der Waals surface area contributed by atoms with Crippen LogP contribution in [0, 0.1) is 23.2 Å². The molecule has 2 bridgehead atoms. The molecule has 0 spiro atoms. The fourth-order valence-electron chi connectivity index (χ4n) is 3.40. The lowest BCUT2D eigenvalue weighted by Crippen LogP contribution is -2.57. The number of ether oxygens (including phenoxy) is 1. The normalized spacial score (nSPS) is 47.1. The topological polar surface area (TPSA) is 9.23 Å². The molecule has 76 valence electrons. The highest BCUT2D eigenvalue weighted by Gasteiger charge is 2.56. The third-order valence-corrected chi connectivity index (χ3v) is 4.69. The first-order valence-electron chi connectivity index (χ1n) is 5.25. The van der Waals surface area contributed by atoms with Crippen molar-refractivity contribution in [2.45, 2.75) is 39.7 Å². The third kappa shape index (κ3) is 1.32. The van der Waals surface area contributed by atoms with Gasteiger partial charge in [0, 0.05) is 0 Å². The molecule has 3 saturated carbocycles. The van der Waals surface area contributed by atoms with Gasteiger partial charge in [0.15, 0.2) is 0 Å². The van der Waals surface area contributed by atoms with Gasteiger partial charge in [0.05, 0.1) is 6.10 Å². The lowest BCUT2D eigenvalue weighted by atomic mass is 9.45. The van der Waals surface area contributed by atoms with Gasteiger partial charge in [-0.1, -0.05) is 32.4 Å². The number of rotatable bonds is 2. The minimum atomic E-state index is 0.356. The zero-order chi connectivity index (χ0) is 9.64. The molecule has 0 aromatic carbocycles. The molecule has 13 heavy (non-hydrogen) atoms. The molecule has 1 nitrogen and oxygen atoms in total. The summed E-state index contributed by atoms with van der Waals surface area (Å²) in [4.78, 5) is 0. The summed E-state index contributed by atoms with van der Waals surface area (Å²) in [6.45, 7) is 7.12. The SMILES string of the molecule is C[C@@H]1[C@H]2C[C@@H](C[C@H]1OCCl)C2(C)C. The lowest BCUT2D eigenvalue weighted by molar-refractivity contribution is -0.166. The molecule has 3 aliphatic rings. The third-order valence-electron chi connectivity index (χ3n) is 4.56. The van der Waals surface area contributed by atoms with Crippen LogP contribution in [0.1, 0.15) is 33.6 Å². The van der Waals surface area contributed by atoms with Crippen LogP contribution in [0.3, 0.4) is 0 Å². The standard InChI is InChI=1S/C11H19ClO/c1-7-9-4-8(11(9,2)3)5-10(7)13-6-12/h7-10H,4-6H2,1-3H3/t7-,8+,9-,10-/m1/s1. The zero-order valence-electron chi connectivity index (χ0n) is 8.72. The molecule has 0 aromatic heterocycles. The Balaban J connectivity index is 2.03. The number of hydrogen-bond acceptors (Lipinski definition) is 1. The maximum atomic E-state index is 5.61. The lowest BCUT2D eigenvalue weighted by Gasteiger charge is -2.61. The van der Waals surface area contributed by atoms with Gasteiger partial charge in [-0.25, -0.2) is 0 Å².